The van der Waals surface area contributed by atoms with Crippen LogP contribution in [0.4, 0.5) is 21.7 Å². The van der Waals surface area contributed by atoms with Crippen LogP contribution in [0.3, 0.4) is 0 Å². The molecule has 19 heavy (non-hydrogen) atoms. The van der Waals surface area contributed by atoms with Gasteiger partial charge in [0.1, 0.15) is 23.3 Å². The Hall–Kier alpha value is -2.21. The maximum atomic E-state index is 13.1. The van der Waals surface area contributed by atoms with Crippen LogP contribution in [-0.4, -0.2) is 9.97 Å². The monoisotopic (exact) mass is 259 g/mol. The third-order valence-corrected chi connectivity index (χ3v) is 2.93. The van der Waals surface area contributed by atoms with Crippen molar-refractivity contribution < 1.29 is 4.39 Å². The molecule has 98 valence electrons. The number of nitrogen functional groups attached to an aromatic ring is 1. The molecule has 1 heterocycles. The Morgan fingerprint density at radius 2 is 1.95 bits per heavy atom. The summed E-state index contributed by atoms with van der Waals surface area (Å²) in [6.45, 7) is 0. The minimum atomic E-state index is -0.293. The summed E-state index contributed by atoms with van der Waals surface area (Å²) in [6, 6.07) is 7.92. The van der Waals surface area contributed by atoms with Crippen LogP contribution >= 0.6 is 0 Å². The van der Waals surface area contributed by atoms with Gasteiger partial charge in [0.25, 0.3) is 0 Å². The van der Waals surface area contributed by atoms with E-state index in [0.29, 0.717) is 23.2 Å². The van der Waals surface area contributed by atoms with Gasteiger partial charge in [-0.3, -0.25) is 0 Å². The van der Waals surface area contributed by atoms with Crippen LogP contribution in [0.2, 0.25) is 0 Å². The Bertz CT molecular complexity index is 597. The molecule has 1 fully saturated rings. The first-order chi connectivity index (χ1) is 9.24. The first-order valence-corrected chi connectivity index (χ1v) is 6.13. The number of hydrazine groups is 1. The van der Waals surface area contributed by atoms with Gasteiger partial charge in [-0.05, 0) is 31.0 Å². The van der Waals surface area contributed by atoms with Crippen molar-refractivity contribution >= 4 is 17.3 Å². The van der Waals surface area contributed by atoms with E-state index in [1.165, 1.54) is 12.1 Å². The molecule has 0 spiro atoms. The molecule has 0 bridgehead atoms. The number of nitrogens with zero attached hydrogens (tertiary/aromatic N) is 2. The molecule has 0 amide bonds. The second-order valence-corrected chi connectivity index (χ2v) is 4.55. The van der Waals surface area contributed by atoms with E-state index in [1.807, 2.05) is 0 Å². The fraction of sp³-hybridized carbons (Fsp3) is 0.231. The summed E-state index contributed by atoms with van der Waals surface area (Å²) < 4.78 is 13.1. The van der Waals surface area contributed by atoms with Crippen LogP contribution in [-0.2, 0) is 0 Å². The zero-order valence-electron chi connectivity index (χ0n) is 10.2. The molecule has 6 heteroatoms. The topological polar surface area (TPSA) is 75.9 Å². The van der Waals surface area contributed by atoms with Crippen LogP contribution in [0, 0.1) is 5.82 Å². The largest absolute Gasteiger partial charge is 0.340 e. The van der Waals surface area contributed by atoms with E-state index in [9.17, 15) is 4.39 Å². The normalized spacial score (nSPS) is 14.2. The van der Waals surface area contributed by atoms with Crippen molar-refractivity contribution in [1.29, 1.82) is 0 Å². The minimum absolute atomic E-state index is 0.293. The lowest BCUT2D eigenvalue weighted by atomic mass is 10.3. The van der Waals surface area contributed by atoms with Gasteiger partial charge in [0.05, 0.1) is 0 Å². The lowest BCUT2D eigenvalue weighted by Crippen LogP contribution is -2.11. The average Bonchev–Trinajstić information content (AvgIpc) is 3.22. The number of benzene rings is 1. The van der Waals surface area contributed by atoms with Gasteiger partial charge in [-0.25, -0.2) is 20.2 Å². The van der Waals surface area contributed by atoms with Crippen molar-refractivity contribution in [1.82, 2.24) is 9.97 Å². The van der Waals surface area contributed by atoms with Gasteiger partial charge < -0.3 is 10.7 Å². The lowest BCUT2D eigenvalue weighted by Gasteiger charge is -2.09. The van der Waals surface area contributed by atoms with Gasteiger partial charge in [0, 0.05) is 17.7 Å². The number of nitrogens with one attached hydrogen (secondary N) is 2. The third kappa shape index (κ3) is 2.79. The molecule has 3 rings (SSSR count). The zero-order valence-corrected chi connectivity index (χ0v) is 10.2. The highest BCUT2D eigenvalue weighted by molar-refractivity contribution is 5.59. The van der Waals surface area contributed by atoms with E-state index in [-0.39, 0.29) is 5.82 Å². The number of hydrogen-bond acceptors (Lipinski definition) is 5. The summed E-state index contributed by atoms with van der Waals surface area (Å²) >= 11 is 0. The molecule has 1 aliphatic rings. The highest BCUT2D eigenvalue weighted by Crippen LogP contribution is 2.38. The van der Waals surface area contributed by atoms with E-state index < -0.39 is 0 Å². The Kier molecular flexibility index (Phi) is 3.00. The van der Waals surface area contributed by atoms with Crippen molar-refractivity contribution in [3.05, 3.63) is 42.0 Å². The summed E-state index contributed by atoms with van der Waals surface area (Å²) in [5, 5.41) is 3.06. The standard InChI is InChI=1S/C13H14FN5/c14-9-2-1-3-10(6-9)16-11-7-12(19-15)18-13(17-11)8-4-5-8/h1-3,6-8H,4-5,15H2,(H2,16,17,18,19). The molecule has 2 aromatic rings. The minimum Gasteiger partial charge on any atom is -0.340 e. The number of nitrogens with two attached hydrogens (primary N) is 1. The van der Waals surface area contributed by atoms with Gasteiger partial charge in [0.15, 0.2) is 0 Å². The van der Waals surface area contributed by atoms with Gasteiger partial charge in [-0.15, -0.1) is 0 Å². The highest BCUT2D eigenvalue weighted by Gasteiger charge is 2.27. The molecule has 1 saturated carbocycles. The van der Waals surface area contributed by atoms with E-state index in [0.717, 1.165) is 18.7 Å². The molecule has 0 radical (unpaired) electrons. The molecule has 1 aromatic carbocycles. The van der Waals surface area contributed by atoms with Crippen molar-refractivity contribution in [2.24, 2.45) is 5.84 Å². The number of halogens is 1. The fourth-order valence-corrected chi connectivity index (χ4v) is 1.84. The molecule has 4 N–H and O–H groups in total. The lowest BCUT2D eigenvalue weighted by molar-refractivity contribution is 0.628. The van der Waals surface area contributed by atoms with Crippen LogP contribution in [0.1, 0.15) is 24.6 Å². The van der Waals surface area contributed by atoms with E-state index >= 15 is 0 Å². The van der Waals surface area contributed by atoms with E-state index in [1.54, 1.807) is 18.2 Å². The molecular formula is C13H14FN5. The third-order valence-electron chi connectivity index (χ3n) is 2.93. The van der Waals surface area contributed by atoms with Crippen LogP contribution < -0.4 is 16.6 Å². The number of aromatic nitrogens is 2. The molecule has 0 atom stereocenters. The molecule has 0 unspecified atom stereocenters. The van der Waals surface area contributed by atoms with Gasteiger partial charge in [0.2, 0.25) is 0 Å². The average molecular weight is 259 g/mol. The van der Waals surface area contributed by atoms with Gasteiger partial charge >= 0.3 is 0 Å². The smallest absolute Gasteiger partial charge is 0.145 e. The van der Waals surface area contributed by atoms with E-state index in [4.69, 9.17) is 5.84 Å². The summed E-state index contributed by atoms with van der Waals surface area (Å²) in [4.78, 5) is 8.74. The van der Waals surface area contributed by atoms with Gasteiger partial charge in [-0.2, -0.15) is 0 Å². The quantitative estimate of drug-likeness (QED) is 0.581. The number of anilines is 3. The fourth-order valence-electron chi connectivity index (χ4n) is 1.84. The first-order valence-electron chi connectivity index (χ1n) is 6.13. The summed E-state index contributed by atoms with van der Waals surface area (Å²) in [5.74, 6) is 7.45. The number of rotatable bonds is 4. The predicted octanol–water partition coefficient (Wildman–Crippen LogP) is 2.52. The molecule has 1 aliphatic carbocycles. The molecule has 0 aliphatic heterocycles. The van der Waals surface area contributed by atoms with Crippen molar-refractivity contribution in [3.63, 3.8) is 0 Å². The second kappa shape index (κ2) is 4.81. The molecule has 0 saturated heterocycles. The predicted molar refractivity (Wildman–Crippen MR) is 71.5 cm³/mol. The SMILES string of the molecule is NNc1cc(Nc2cccc(F)c2)nc(C2CC2)n1. The highest BCUT2D eigenvalue weighted by atomic mass is 19.1. The molecule has 1 aromatic heterocycles. The summed E-state index contributed by atoms with van der Waals surface area (Å²) in [5.41, 5.74) is 3.16. The maximum absolute atomic E-state index is 13.1. The van der Waals surface area contributed by atoms with E-state index in [2.05, 4.69) is 20.7 Å². The van der Waals surface area contributed by atoms with Crippen molar-refractivity contribution in [3.8, 4) is 0 Å². The summed E-state index contributed by atoms with van der Waals surface area (Å²) in [7, 11) is 0. The van der Waals surface area contributed by atoms with Crippen LogP contribution in [0.15, 0.2) is 30.3 Å². The molecular weight excluding hydrogens is 245 g/mol. The Labute approximate surface area is 110 Å². The number of hydrogen-bond donors (Lipinski definition) is 3. The van der Waals surface area contributed by atoms with Crippen molar-refractivity contribution in [2.45, 2.75) is 18.8 Å². The second-order valence-electron chi connectivity index (χ2n) is 4.55. The molecule has 5 nitrogen and oxygen atoms in total. The van der Waals surface area contributed by atoms with Crippen LogP contribution in [0.5, 0.6) is 0 Å². The Balaban J connectivity index is 1.89. The van der Waals surface area contributed by atoms with Crippen LogP contribution in [0.25, 0.3) is 0 Å². The summed E-state index contributed by atoms with van der Waals surface area (Å²) in [6.07, 6.45) is 2.21. The zero-order chi connectivity index (χ0) is 13.2. The Morgan fingerprint density at radius 3 is 2.63 bits per heavy atom. The first kappa shape index (κ1) is 11.9. The van der Waals surface area contributed by atoms with Gasteiger partial charge in [-0.1, -0.05) is 6.07 Å². The van der Waals surface area contributed by atoms with Crippen molar-refractivity contribution in [2.75, 3.05) is 10.7 Å². The Morgan fingerprint density at radius 1 is 1.16 bits per heavy atom. The maximum Gasteiger partial charge on any atom is 0.145 e.